The first-order valence-electron chi connectivity index (χ1n) is 5.98. The molecule has 15 heavy (non-hydrogen) atoms. The third kappa shape index (κ3) is 2.65. The topological polar surface area (TPSA) is 43.4 Å². The molecule has 0 aliphatic carbocycles. The van der Waals surface area contributed by atoms with Gasteiger partial charge >= 0.3 is 0 Å². The number of hydrogen-bond donors (Lipinski definition) is 0. The third-order valence-corrected chi connectivity index (χ3v) is 3.33. The molecule has 0 amide bonds. The Morgan fingerprint density at radius 3 is 1.73 bits per heavy atom. The Hall–Kier alpha value is -0.700. The molecule has 2 aliphatic rings. The highest BCUT2D eigenvalue weighted by molar-refractivity contribution is 5.87. The van der Waals surface area contributed by atoms with Gasteiger partial charge in [-0.1, -0.05) is 12.8 Å². The zero-order chi connectivity index (χ0) is 10.7. The number of carbonyl (C=O) groups excluding carboxylic acids is 2. The molecule has 2 aliphatic heterocycles. The van der Waals surface area contributed by atoms with Gasteiger partial charge in [0.25, 0.3) is 0 Å². The molecule has 2 unspecified atom stereocenters. The van der Waals surface area contributed by atoms with Crippen LogP contribution in [0.25, 0.3) is 0 Å². The van der Waals surface area contributed by atoms with Crippen molar-refractivity contribution < 1.29 is 14.3 Å². The van der Waals surface area contributed by atoms with Crippen molar-refractivity contribution in [3.8, 4) is 0 Å². The van der Waals surface area contributed by atoms with Crippen molar-refractivity contribution in [1.29, 1.82) is 0 Å². The zero-order valence-corrected chi connectivity index (χ0v) is 9.04. The van der Waals surface area contributed by atoms with E-state index in [9.17, 15) is 9.59 Å². The van der Waals surface area contributed by atoms with Gasteiger partial charge in [0.05, 0.1) is 0 Å². The Kier molecular flexibility index (Phi) is 3.52. The smallest absolute Gasteiger partial charge is 0.161 e. The van der Waals surface area contributed by atoms with Gasteiger partial charge in [-0.25, -0.2) is 0 Å². The SMILES string of the molecule is O=C1CCCCCCC(=O)C2CCC1O2. The van der Waals surface area contributed by atoms with Gasteiger partial charge in [0.15, 0.2) is 11.6 Å². The van der Waals surface area contributed by atoms with E-state index in [4.69, 9.17) is 4.74 Å². The Morgan fingerprint density at radius 2 is 1.27 bits per heavy atom. The summed E-state index contributed by atoms with van der Waals surface area (Å²) in [6, 6.07) is 0. The summed E-state index contributed by atoms with van der Waals surface area (Å²) >= 11 is 0. The van der Waals surface area contributed by atoms with Gasteiger partial charge in [0.1, 0.15) is 12.2 Å². The third-order valence-electron chi connectivity index (χ3n) is 3.33. The Bertz CT molecular complexity index is 234. The molecule has 0 N–H and O–H groups in total. The molecule has 2 saturated heterocycles. The largest absolute Gasteiger partial charge is 0.359 e. The summed E-state index contributed by atoms with van der Waals surface area (Å²) in [4.78, 5) is 23.3. The van der Waals surface area contributed by atoms with Gasteiger partial charge in [0, 0.05) is 12.8 Å². The fourth-order valence-corrected chi connectivity index (χ4v) is 2.38. The molecule has 0 aromatic carbocycles. The van der Waals surface area contributed by atoms with Gasteiger partial charge < -0.3 is 4.74 Å². The Balaban J connectivity index is 2.00. The molecule has 3 heteroatoms. The predicted molar refractivity (Wildman–Crippen MR) is 55.6 cm³/mol. The summed E-state index contributed by atoms with van der Waals surface area (Å²) in [6.07, 6.45) is 6.23. The molecule has 2 rings (SSSR count). The van der Waals surface area contributed by atoms with Crippen molar-refractivity contribution >= 4 is 11.6 Å². The van der Waals surface area contributed by atoms with Crippen LogP contribution in [0.3, 0.4) is 0 Å². The van der Waals surface area contributed by atoms with Crippen LogP contribution in [-0.2, 0) is 14.3 Å². The van der Waals surface area contributed by atoms with Crippen LogP contribution in [0.5, 0.6) is 0 Å². The van der Waals surface area contributed by atoms with Crippen molar-refractivity contribution in [2.24, 2.45) is 0 Å². The van der Waals surface area contributed by atoms with Crippen LogP contribution >= 0.6 is 0 Å². The summed E-state index contributed by atoms with van der Waals surface area (Å²) in [7, 11) is 0. The van der Waals surface area contributed by atoms with E-state index in [2.05, 4.69) is 0 Å². The first kappa shape index (κ1) is 10.8. The minimum absolute atomic E-state index is 0.201. The van der Waals surface area contributed by atoms with Crippen molar-refractivity contribution in [3.63, 3.8) is 0 Å². The van der Waals surface area contributed by atoms with E-state index < -0.39 is 0 Å². The highest BCUT2D eigenvalue weighted by atomic mass is 16.5. The lowest BCUT2D eigenvalue weighted by molar-refractivity contribution is -0.136. The molecular formula is C12H18O3. The quantitative estimate of drug-likeness (QED) is 0.614. The second-order valence-electron chi connectivity index (χ2n) is 4.54. The number of carbonyl (C=O) groups is 2. The Morgan fingerprint density at radius 1 is 0.800 bits per heavy atom. The fourth-order valence-electron chi connectivity index (χ4n) is 2.38. The molecule has 2 heterocycles. The van der Waals surface area contributed by atoms with Crippen molar-refractivity contribution in [1.82, 2.24) is 0 Å². The van der Waals surface area contributed by atoms with Crippen LogP contribution in [0.2, 0.25) is 0 Å². The molecule has 2 atom stereocenters. The summed E-state index contributed by atoms with van der Waals surface area (Å²) < 4.78 is 5.52. The van der Waals surface area contributed by atoms with Crippen molar-refractivity contribution in [3.05, 3.63) is 0 Å². The average molecular weight is 210 g/mol. The van der Waals surface area contributed by atoms with Crippen LogP contribution in [0.4, 0.5) is 0 Å². The number of ketones is 2. The summed E-state index contributed by atoms with van der Waals surface area (Å²) in [6.45, 7) is 0. The van der Waals surface area contributed by atoms with Gasteiger partial charge in [-0.15, -0.1) is 0 Å². The molecule has 3 nitrogen and oxygen atoms in total. The average Bonchev–Trinajstić information content (AvgIpc) is 2.69. The predicted octanol–water partition coefficient (Wildman–Crippen LogP) is 2.03. The van der Waals surface area contributed by atoms with Gasteiger partial charge in [-0.2, -0.15) is 0 Å². The van der Waals surface area contributed by atoms with Crippen molar-refractivity contribution in [2.75, 3.05) is 0 Å². The first-order valence-corrected chi connectivity index (χ1v) is 5.98. The molecule has 2 bridgehead atoms. The van der Waals surface area contributed by atoms with E-state index in [1.807, 2.05) is 0 Å². The normalized spacial score (nSPS) is 33.9. The number of fused-ring (bicyclic) bond motifs is 2. The second kappa shape index (κ2) is 4.88. The van der Waals surface area contributed by atoms with Crippen molar-refractivity contribution in [2.45, 2.75) is 63.6 Å². The number of Topliss-reactive ketones (excluding diaryl/α,β-unsaturated/α-hetero) is 2. The van der Waals surface area contributed by atoms with E-state index >= 15 is 0 Å². The molecular weight excluding hydrogens is 192 g/mol. The van der Waals surface area contributed by atoms with Crippen LogP contribution in [0.1, 0.15) is 51.4 Å². The fraction of sp³-hybridized carbons (Fsp3) is 0.833. The molecule has 0 radical (unpaired) electrons. The number of rotatable bonds is 0. The molecule has 84 valence electrons. The standard InChI is InChI=1S/C12H18O3/c13-9-5-3-1-2-4-6-10(14)12-8-7-11(9)15-12/h11-12H,1-8H2. The maximum absolute atomic E-state index is 11.7. The second-order valence-corrected chi connectivity index (χ2v) is 4.54. The monoisotopic (exact) mass is 210 g/mol. The highest BCUT2D eigenvalue weighted by Crippen LogP contribution is 2.25. The van der Waals surface area contributed by atoms with Crippen LogP contribution in [0.15, 0.2) is 0 Å². The maximum atomic E-state index is 11.7. The molecule has 0 spiro atoms. The van der Waals surface area contributed by atoms with Crippen LogP contribution in [-0.4, -0.2) is 23.8 Å². The lowest BCUT2D eigenvalue weighted by atomic mass is 10.00. The van der Waals surface area contributed by atoms with Crippen LogP contribution < -0.4 is 0 Å². The highest BCUT2D eigenvalue weighted by Gasteiger charge is 2.33. The number of ether oxygens (including phenoxy) is 1. The summed E-state index contributed by atoms with van der Waals surface area (Å²) in [5, 5.41) is 0. The molecule has 2 fully saturated rings. The summed E-state index contributed by atoms with van der Waals surface area (Å²) in [5.74, 6) is 0.402. The molecule has 0 saturated carbocycles. The lowest BCUT2D eigenvalue weighted by Crippen LogP contribution is -2.25. The minimum atomic E-state index is -0.281. The van der Waals surface area contributed by atoms with E-state index in [1.54, 1.807) is 0 Å². The summed E-state index contributed by atoms with van der Waals surface area (Å²) in [5.41, 5.74) is 0. The zero-order valence-electron chi connectivity index (χ0n) is 9.04. The Labute approximate surface area is 90.2 Å². The minimum Gasteiger partial charge on any atom is -0.359 e. The first-order chi connectivity index (χ1) is 7.27. The van der Waals surface area contributed by atoms with E-state index in [0.717, 1.165) is 38.5 Å². The number of hydrogen-bond acceptors (Lipinski definition) is 3. The molecule has 0 aromatic rings. The van der Waals surface area contributed by atoms with Crippen LogP contribution in [0, 0.1) is 0 Å². The maximum Gasteiger partial charge on any atom is 0.161 e. The van der Waals surface area contributed by atoms with E-state index in [1.165, 1.54) is 0 Å². The molecule has 0 aromatic heterocycles. The van der Waals surface area contributed by atoms with Gasteiger partial charge in [0.2, 0.25) is 0 Å². The van der Waals surface area contributed by atoms with Gasteiger partial charge in [-0.05, 0) is 25.7 Å². The lowest BCUT2D eigenvalue weighted by Gasteiger charge is -2.10. The van der Waals surface area contributed by atoms with E-state index in [0.29, 0.717) is 12.8 Å². The van der Waals surface area contributed by atoms with E-state index in [-0.39, 0.29) is 23.8 Å². The van der Waals surface area contributed by atoms with Gasteiger partial charge in [-0.3, -0.25) is 9.59 Å².